The molecule has 0 radical (unpaired) electrons. The van der Waals surface area contributed by atoms with Crippen molar-refractivity contribution >= 4 is 0 Å². The maximum Gasteiger partial charge on any atom is 0.246 e. The summed E-state index contributed by atoms with van der Waals surface area (Å²) in [5, 5.41) is 13.3. The molecule has 0 saturated heterocycles. The van der Waals surface area contributed by atoms with Gasteiger partial charge >= 0.3 is 0 Å². The van der Waals surface area contributed by atoms with Crippen LogP contribution in [0.2, 0.25) is 0 Å². The average Bonchev–Trinajstić information content (AvgIpc) is 2.92. The average molecular weight is 273 g/mol. The number of phenols is 1. The van der Waals surface area contributed by atoms with E-state index in [4.69, 9.17) is 10.3 Å². The normalized spacial score (nSPS) is 18.1. The number of rotatable bonds is 3. The molecule has 0 bridgehead atoms. The van der Waals surface area contributed by atoms with Gasteiger partial charge in [0.05, 0.1) is 5.54 Å². The molecule has 5 nitrogen and oxygen atoms in total. The summed E-state index contributed by atoms with van der Waals surface area (Å²) in [4.78, 5) is 4.46. The predicted molar refractivity (Wildman–Crippen MR) is 74.2 cm³/mol. The van der Waals surface area contributed by atoms with Crippen molar-refractivity contribution in [2.45, 2.75) is 44.1 Å². The number of nitrogens with two attached hydrogens (primary N) is 1. The molecule has 3 rings (SSSR count). The molecule has 106 valence electrons. The molecular weight excluding hydrogens is 254 g/mol. The van der Waals surface area contributed by atoms with E-state index in [0.717, 1.165) is 31.2 Å². The van der Waals surface area contributed by atoms with Crippen LogP contribution in [-0.4, -0.2) is 15.2 Å². The molecule has 1 saturated carbocycles. The van der Waals surface area contributed by atoms with Gasteiger partial charge in [0, 0.05) is 6.42 Å². The maximum absolute atomic E-state index is 9.26. The largest absolute Gasteiger partial charge is 0.508 e. The van der Waals surface area contributed by atoms with E-state index in [0.29, 0.717) is 18.1 Å². The third-order valence-corrected chi connectivity index (χ3v) is 3.94. The van der Waals surface area contributed by atoms with Crippen LogP contribution in [0.4, 0.5) is 0 Å². The molecule has 1 aromatic heterocycles. The van der Waals surface area contributed by atoms with Gasteiger partial charge in [0.2, 0.25) is 5.89 Å². The van der Waals surface area contributed by atoms with Gasteiger partial charge in [-0.05, 0) is 30.5 Å². The van der Waals surface area contributed by atoms with E-state index in [2.05, 4.69) is 10.1 Å². The summed E-state index contributed by atoms with van der Waals surface area (Å²) >= 11 is 0. The molecule has 0 amide bonds. The van der Waals surface area contributed by atoms with Gasteiger partial charge in [-0.15, -0.1) is 0 Å². The van der Waals surface area contributed by atoms with Gasteiger partial charge in [-0.25, -0.2) is 0 Å². The topological polar surface area (TPSA) is 85.2 Å². The second kappa shape index (κ2) is 5.25. The quantitative estimate of drug-likeness (QED) is 0.897. The Bertz CT molecular complexity index is 571. The van der Waals surface area contributed by atoms with Gasteiger partial charge in [-0.3, -0.25) is 0 Å². The van der Waals surface area contributed by atoms with Gasteiger partial charge in [0.25, 0.3) is 0 Å². The minimum atomic E-state index is -0.446. The smallest absolute Gasteiger partial charge is 0.246 e. The number of hydrogen-bond acceptors (Lipinski definition) is 5. The number of benzene rings is 1. The van der Waals surface area contributed by atoms with Crippen LogP contribution in [0.25, 0.3) is 0 Å². The molecule has 1 aliphatic rings. The van der Waals surface area contributed by atoms with E-state index in [1.54, 1.807) is 12.1 Å². The summed E-state index contributed by atoms with van der Waals surface area (Å²) in [5.41, 5.74) is 6.96. The first kappa shape index (κ1) is 13.1. The number of hydrogen-bond donors (Lipinski definition) is 2. The number of phenolic OH excluding ortho intramolecular Hbond substituents is 1. The van der Waals surface area contributed by atoms with Crippen LogP contribution in [0, 0.1) is 0 Å². The van der Waals surface area contributed by atoms with Crippen molar-refractivity contribution in [1.29, 1.82) is 0 Å². The fourth-order valence-electron chi connectivity index (χ4n) is 2.72. The lowest BCUT2D eigenvalue weighted by Crippen LogP contribution is -2.39. The monoisotopic (exact) mass is 273 g/mol. The van der Waals surface area contributed by atoms with Gasteiger partial charge in [0.15, 0.2) is 5.82 Å². The molecule has 1 aliphatic carbocycles. The molecule has 1 aromatic carbocycles. The fourth-order valence-corrected chi connectivity index (χ4v) is 2.72. The second-order valence-corrected chi connectivity index (χ2v) is 5.58. The fraction of sp³-hybridized carbons (Fsp3) is 0.467. The Hall–Kier alpha value is -1.88. The standard InChI is InChI=1S/C15H19N3O2/c16-15(8-2-1-3-9-15)14-17-13(18-20-14)10-11-4-6-12(19)7-5-11/h4-7,19H,1-3,8-10,16H2. The molecule has 0 atom stereocenters. The molecule has 0 aliphatic heterocycles. The van der Waals surface area contributed by atoms with Crippen LogP contribution in [-0.2, 0) is 12.0 Å². The van der Waals surface area contributed by atoms with E-state index >= 15 is 0 Å². The van der Waals surface area contributed by atoms with Crippen LogP contribution in [0.3, 0.4) is 0 Å². The Balaban J connectivity index is 1.74. The molecule has 1 heterocycles. The zero-order chi connectivity index (χ0) is 14.0. The lowest BCUT2D eigenvalue weighted by molar-refractivity contribution is 0.219. The Kier molecular flexibility index (Phi) is 3.44. The molecule has 2 aromatic rings. The maximum atomic E-state index is 9.26. The van der Waals surface area contributed by atoms with Crippen molar-refractivity contribution in [2.75, 3.05) is 0 Å². The highest BCUT2D eigenvalue weighted by molar-refractivity contribution is 5.27. The molecule has 20 heavy (non-hydrogen) atoms. The summed E-state index contributed by atoms with van der Waals surface area (Å²) in [7, 11) is 0. The minimum absolute atomic E-state index is 0.255. The Morgan fingerprint density at radius 1 is 1.15 bits per heavy atom. The SMILES string of the molecule is NC1(c2nc(Cc3ccc(O)cc3)no2)CCCCC1. The Morgan fingerprint density at radius 3 is 2.55 bits per heavy atom. The van der Waals surface area contributed by atoms with E-state index in [1.165, 1.54) is 6.42 Å². The highest BCUT2D eigenvalue weighted by atomic mass is 16.5. The van der Waals surface area contributed by atoms with Crippen molar-refractivity contribution in [2.24, 2.45) is 5.73 Å². The molecule has 3 N–H and O–H groups in total. The Morgan fingerprint density at radius 2 is 1.85 bits per heavy atom. The molecule has 5 heteroatoms. The zero-order valence-corrected chi connectivity index (χ0v) is 11.4. The van der Waals surface area contributed by atoms with E-state index in [9.17, 15) is 5.11 Å². The van der Waals surface area contributed by atoms with E-state index < -0.39 is 5.54 Å². The minimum Gasteiger partial charge on any atom is -0.508 e. The predicted octanol–water partition coefficient (Wildman–Crippen LogP) is 2.48. The number of aromatic hydroxyl groups is 1. The van der Waals surface area contributed by atoms with Crippen LogP contribution in [0.15, 0.2) is 28.8 Å². The first-order valence-corrected chi connectivity index (χ1v) is 7.06. The van der Waals surface area contributed by atoms with Gasteiger partial charge in [-0.2, -0.15) is 4.98 Å². The number of nitrogens with zero attached hydrogens (tertiary/aromatic N) is 2. The van der Waals surface area contributed by atoms with Gasteiger partial charge in [-0.1, -0.05) is 36.6 Å². The van der Waals surface area contributed by atoms with Crippen molar-refractivity contribution in [3.63, 3.8) is 0 Å². The lowest BCUT2D eigenvalue weighted by Gasteiger charge is -2.29. The summed E-state index contributed by atoms with van der Waals surface area (Å²) in [6.45, 7) is 0. The van der Waals surface area contributed by atoms with Crippen molar-refractivity contribution < 1.29 is 9.63 Å². The lowest BCUT2D eigenvalue weighted by atomic mass is 9.82. The van der Waals surface area contributed by atoms with Crippen LogP contribution >= 0.6 is 0 Å². The first-order chi connectivity index (χ1) is 9.66. The van der Waals surface area contributed by atoms with Crippen LogP contribution < -0.4 is 5.73 Å². The Labute approximate surface area is 117 Å². The third-order valence-electron chi connectivity index (χ3n) is 3.94. The van der Waals surface area contributed by atoms with Crippen LogP contribution in [0.5, 0.6) is 5.75 Å². The summed E-state index contributed by atoms with van der Waals surface area (Å²) in [6.07, 6.45) is 5.87. The molecule has 0 unspecified atom stereocenters. The molecule has 0 spiro atoms. The molecule has 1 fully saturated rings. The van der Waals surface area contributed by atoms with E-state index in [1.807, 2.05) is 12.1 Å². The van der Waals surface area contributed by atoms with Gasteiger partial charge < -0.3 is 15.4 Å². The van der Waals surface area contributed by atoms with Crippen molar-refractivity contribution in [1.82, 2.24) is 10.1 Å². The highest BCUT2D eigenvalue weighted by Crippen LogP contribution is 2.33. The van der Waals surface area contributed by atoms with Crippen LogP contribution in [0.1, 0.15) is 49.4 Å². The third kappa shape index (κ3) is 2.67. The van der Waals surface area contributed by atoms with E-state index in [-0.39, 0.29) is 5.75 Å². The zero-order valence-electron chi connectivity index (χ0n) is 11.4. The van der Waals surface area contributed by atoms with Crippen molar-refractivity contribution in [3.8, 4) is 5.75 Å². The first-order valence-electron chi connectivity index (χ1n) is 7.06. The second-order valence-electron chi connectivity index (χ2n) is 5.58. The highest BCUT2D eigenvalue weighted by Gasteiger charge is 2.35. The summed E-state index contributed by atoms with van der Waals surface area (Å²) in [6, 6.07) is 7.01. The molecular formula is C15H19N3O2. The summed E-state index contributed by atoms with van der Waals surface area (Å²) in [5.74, 6) is 1.46. The van der Waals surface area contributed by atoms with Crippen molar-refractivity contribution in [3.05, 3.63) is 41.5 Å². The number of aromatic nitrogens is 2. The summed E-state index contributed by atoms with van der Waals surface area (Å²) < 4.78 is 5.37. The van der Waals surface area contributed by atoms with Gasteiger partial charge in [0.1, 0.15) is 5.75 Å².